The molecule has 0 aromatic rings. The first kappa shape index (κ1) is 15.9. The van der Waals surface area contributed by atoms with E-state index in [1.807, 2.05) is 0 Å². The van der Waals surface area contributed by atoms with E-state index in [1.54, 1.807) is 0 Å². The van der Waals surface area contributed by atoms with Gasteiger partial charge in [-0.1, -0.05) is 0 Å². The number of imide groups is 1. The van der Waals surface area contributed by atoms with Crippen molar-refractivity contribution in [1.82, 2.24) is 4.31 Å². The van der Waals surface area contributed by atoms with Gasteiger partial charge >= 0.3 is 16.3 Å². The van der Waals surface area contributed by atoms with E-state index in [4.69, 9.17) is 5.73 Å². The minimum atomic E-state index is -4.67. The third-order valence-corrected chi connectivity index (χ3v) is 5.16. The van der Waals surface area contributed by atoms with Crippen molar-refractivity contribution in [3.63, 3.8) is 0 Å². The molecule has 8 nitrogen and oxygen atoms in total. The third kappa shape index (κ3) is 3.41. The Bertz CT molecular complexity index is 534. The molecule has 21 heavy (non-hydrogen) atoms. The molecule has 2 rings (SSSR count). The van der Waals surface area contributed by atoms with Crippen molar-refractivity contribution in [2.75, 3.05) is 6.54 Å². The minimum Gasteiger partial charge on any atom is -0.330 e. The summed E-state index contributed by atoms with van der Waals surface area (Å²) in [6.07, 6.45) is 2.10. The quantitative estimate of drug-likeness (QED) is 0.705. The number of amides is 2. The summed E-state index contributed by atoms with van der Waals surface area (Å²) < 4.78 is 28.2. The van der Waals surface area contributed by atoms with Gasteiger partial charge in [-0.15, -0.1) is 4.31 Å². The number of hydrogen-bond donors (Lipinski definition) is 1. The Kier molecular flexibility index (Phi) is 4.62. The van der Waals surface area contributed by atoms with Gasteiger partial charge in [0, 0.05) is 12.8 Å². The number of nitrogens with zero attached hydrogens (tertiary/aromatic N) is 1. The van der Waals surface area contributed by atoms with E-state index in [0.717, 1.165) is 12.8 Å². The molecule has 1 saturated carbocycles. The fourth-order valence-corrected chi connectivity index (χ4v) is 3.75. The molecule has 2 aliphatic rings. The summed E-state index contributed by atoms with van der Waals surface area (Å²) >= 11 is 0. The molecule has 2 fully saturated rings. The second-order valence-electron chi connectivity index (χ2n) is 5.37. The summed E-state index contributed by atoms with van der Waals surface area (Å²) in [7, 11) is -4.67. The summed E-state index contributed by atoms with van der Waals surface area (Å²) in [6, 6.07) is 0. The van der Waals surface area contributed by atoms with Crippen LogP contribution in [-0.2, 0) is 28.9 Å². The molecule has 0 unspecified atom stereocenters. The lowest BCUT2D eigenvalue weighted by Crippen LogP contribution is -2.39. The Balaban J connectivity index is 1.99. The van der Waals surface area contributed by atoms with Crippen molar-refractivity contribution in [1.29, 1.82) is 0 Å². The number of carbonyl (C=O) groups is 3. The van der Waals surface area contributed by atoms with Gasteiger partial charge in [0.1, 0.15) is 0 Å². The summed E-state index contributed by atoms with van der Waals surface area (Å²) in [6.45, 7) is 0.539. The van der Waals surface area contributed by atoms with Gasteiger partial charge in [-0.25, -0.2) is 0 Å². The Morgan fingerprint density at radius 1 is 1.14 bits per heavy atom. The molecule has 1 aliphatic heterocycles. The van der Waals surface area contributed by atoms with Gasteiger partial charge in [0.2, 0.25) is 11.8 Å². The molecule has 0 bridgehead atoms. The second-order valence-corrected chi connectivity index (χ2v) is 6.75. The van der Waals surface area contributed by atoms with Crippen LogP contribution in [0.15, 0.2) is 0 Å². The molecule has 1 saturated heterocycles. The van der Waals surface area contributed by atoms with Crippen molar-refractivity contribution in [3.05, 3.63) is 0 Å². The van der Waals surface area contributed by atoms with Crippen molar-refractivity contribution in [2.24, 2.45) is 17.6 Å². The molecule has 0 aromatic carbocycles. The Morgan fingerprint density at radius 2 is 1.67 bits per heavy atom. The Hall–Kier alpha value is -1.48. The predicted octanol–water partition coefficient (Wildman–Crippen LogP) is -0.312. The molecule has 0 aromatic heterocycles. The van der Waals surface area contributed by atoms with Crippen LogP contribution in [0.5, 0.6) is 0 Å². The molecule has 0 spiro atoms. The first-order valence-electron chi connectivity index (χ1n) is 6.89. The molecular weight excluding hydrogens is 300 g/mol. The SMILES string of the molecule is NCC1CCC(C(=O)OS(=O)(=O)N2C(=O)CCC2=O)CC1. The van der Waals surface area contributed by atoms with Crippen LogP contribution in [0.4, 0.5) is 0 Å². The van der Waals surface area contributed by atoms with Gasteiger partial charge in [-0.05, 0) is 38.1 Å². The normalized spacial score (nSPS) is 27.0. The van der Waals surface area contributed by atoms with Gasteiger partial charge in [0.15, 0.2) is 0 Å². The van der Waals surface area contributed by atoms with E-state index in [9.17, 15) is 22.8 Å². The Morgan fingerprint density at radius 3 is 2.14 bits per heavy atom. The molecule has 2 N–H and O–H groups in total. The monoisotopic (exact) mass is 318 g/mol. The lowest BCUT2D eigenvalue weighted by Gasteiger charge is -2.26. The maximum absolute atomic E-state index is 11.9. The van der Waals surface area contributed by atoms with Gasteiger partial charge in [0.05, 0.1) is 5.92 Å². The van der Waals surface area contributed by atoms with E-state index < -0.39 is 34.0 Å². The molecule has 0 radical (unpaired) electrons. The smallest absolute Gasteiger partial charge is 0.330 e. The summed E-state index contributed by atoms with van der Waals surface area (Å²) in [5.74, 6) is -2.82. The average molecular weight is 318 g/mol. The van der Waals surface area contributed by atoms with Crippen molar-refractivity contribution in [3.8, 4) is 0 Å². The topological polar surface area (TPSA) is 124 Å². The molecule has 1 aliphatic carbocycles. The second kappa shape index (κ2) is 6.10. The fraction of sp³-hybridized carbons (Fsp3) is 0.750. The standard InChI is InChI=1S/C12H18N2O6S/c13-7-8-1-3-9(4-2-8)12(17)20-21(18,19)14-10(15)5-6-11(14)16/h8-9H,1-7,13H2. The van der Waals surface area contributed by atoms with Crippen LogP contribution in [0.2, 0.25) is 0 Å². The number of nitrogens with two attached hydrogens (primary N) is 1. The minimum absolute atomic E-state index is 0.0520. The molecule has 0 atom stereocenters. The van der Waals surface area contributed by atoms with Gasteiger partial charge in [-0.2, -0.15) is 8.42 Å². The van der Waals surface area contributed by atoms with Crippen LogP contribution < -0.4 is 5.73 Å². The largest absolute Gasteiger partial charge is 0.421 e. The van der Waals surface area contributed by atoms with Crippen LogP contribution >= 0.6 is 0 Å². The lowest BCUT2D eigenvalue weighted by molar-refractivity contribution is -0.140. The summed E-state index contributed by atoms with van der Waals surface area (Å²) in [5.41, 5.74) is 5.55. The highest BCUT2D eigenvalue weighted by Crippen LogP contribution is 2.30. The highest BCUT2D eigenvalue weighted by atomic mass is 32.2. The van der Waals surface area contributed by atoms with E-state index in [-0.39, 0.29) is 17.1 Å². The predicted molar refractivity (Wildman–Crippen MR) is 70.6 cm³/mol. The van der Waals surface area contributed by atoms with Crippen LogP contribution in [0, 0.1) is 11.8 Å². The van der Waals surface area contributed by atoms with Crippen LogP contribution in [0.3, 0.4) is 0 Å². The first-order chi connectivity index (χ1) is 9.85. The van der Waals surface area contributed by atoms with E-state index in [2.05, 4.69) is 4.18 Å². The van der Waals surface area contributed by atoms with E-state index >= 15 is 0 Å². The zero-order valence-electron chi connectivity index (χ0n) is 11.5. The molecule has 9 heteroatoms. The van der Waals surface area contributed by atoms with Crippen molar-refractivity contribution < 1.29 is 27.0 Å². The maximum atomic E-state index is 11.9. The summed E-state index contributed by atoms with van der Waals surface area (Å²) in [5, 5.41) is 0. The third-order valence-electron chi connectivity index (χ3n) is 3.93. The van der Waals surface area contributed by atoms with Gasteiger partial charge in [-0.3, -0.25) is 14.4 Å². The van der Waals surface area contributed by atoms with Crippen LogP contribution in [0.25, 0.3) is 0 Å². The molecule has 118 valence electrons. The zero-order valence-corrected chi connectivity index (χ0v) is 12.3. The lowest BCUT2D eigenvalue weighted by atomic mass is 9.82. The zero-order chi connectivity index (χ0) is 15.6. The van der Waals surface area contributed by atoms with Crippen molar-refractivity contribution in [2.45, 2.75) is 38.5 Å². The number of hydrogen-bond acceptors (Lipinski definition) is 7. The Labute approximate surface area is 122 Å². The van der Waals surface area contributed by atoms with E-state index in [1.165, 1.54) is 0 Å². The van der Waals surface area contributed by atoms with E-state index in [0.29, 0.717) is 25.3 Å². The maximum Gasteiger partial charge on any atom is 0.421 e. The fourth-order valence-electron chi connectivity index (χ4n) is 2.65. The number of rotatable bonds is 4. The average Bonchev–Trinajstić information content (AvgIpc) is 2.78. The molecule has 1 heterocycles. The van der Waals surface area contributed by atoms with Crippen molar-refractivity contribution >= 4 is 28.1 Å². The molecular formula is C12H18N2O6S. The highest BCUT2D eigenvalue weighted by molar-refractivity contribution is 7.86. The number of carbonyl (C=O) groups excluding carboxylic acids is 3. The van der Waals surface area contributed by atoms with Gasteiger partial charge < -0.3 is 9.92 Å². The summed E-state index contributed by atoms with van der Waals surface area (Å²) in [4.78, 5) is 34.7. The van der Waals surface area contributed by atoms with Crippen LogP contribution in [-0.4, -0.2) is 37.1 Å². The highest BCUT2D eigenvalue weighted by Gasteiger charge is 2.42. The van der Waals surface area contributed by atoms with Gasteiger partial charge in [0.25, 0.3) is 0 Å². The van der Waals surface area contributed by atoms with Crippen LogP contribution in [0.1, 0.15) is 38.5 Å². The first-order valence-corrected chi connectivity index (χ1v) is 8.26. The molecule has 2 amide bonds.